The van der Waals surface area contributed by atoms with Crippen molar-refractivity contribution in [3.63, 3.8) is 0 Å². The number of aryl methyl sites for hydroxylation is 1. The minimum Gasteiger partial charge on any atom is -0.486 e. The van der Waals surface area contributed by atoms with E-state index >= 15 is 0 Å². The molecule has 0 saturated carbocycles. The van der Waals surface area contributed by atoms with E-state index in [4.69, 9.17) is 9.47 Å². The monoisotopic (exact) mass is 528 g/mol. The molecule has 2 aromatic heterocycles. The normalized spacial score (nSPS) is 13.2. The average molecular weight is 529 g/mol. The summed E-state index contributed by atoms with van der Waals surface area (Å²) in [6, 6.07) is 8.06. The first kappa shape index (κ1) is 26.2. The summed E-state index contributed by atoms with van der Waals surface area (Å²) >= 11 is 2.76. The molecular formula is C26H32N4O4S2. The van der Waals surface area contributed by atoms with Gasteiger partial charge in [0.1, 0.15) is 17.4 Å². The van der Waals surface area contributed by atoms with E-state index in [1.54, 1.807) is 0 Å². The number of rotatable bonds is 8. The molecule has 1 amide bonds. The van der Waals surface area contributed by atoms with Gasteiger partial charge in [-0.2, -0.15) is 0 Å². The zero-order chi connectivity index (χ0) is 25.9. The van der Waals surface area contributed by atoms with E-state index in [0.717, 1.165) is 41.9 Å². The lowest BCUT2D eigenvalue weighted by Crippen LogP contribution is -2.17. The van der Waals surface area contributed by atoms with Gasteiger partial charge in [-0.1, -0.05) is 44.7 Å². The lowest BCUT2D eigenvalue weighted by Gasteiger charge is -2.19. The number of fused-ring (bicyclic) bond motifs is 1. The summed E-state index contributed by atoms with van der Waals surface area (Å²) in [5, 5.41) is 12.5. The van der Waals surface area contributed by atoms with Gasteiger partial charge in [0.2, 0.25) is 5.91 Å². The maximum Gasteiger partial charge on any atom is 0.341 e. The number of ether oxygens (including phenoxy) is 2. The van der Waals surface area contributed by atoms with E-state index in [1.165, 1.54) is 35.8 Å². The zero-order valence-corrected chi connectivity index (χ0v) is 23.0. The first-order valence-electron chi connectivity index (χ1n) is 11.9. The van der Waals surface area contributed by atoms with Crippen molar-refractivity contribution in [3.05, 3.63) is 51.7 Å². The van der Waals surface area contributed by atoms with Crippen LogP contribution >= 0.6 is 23.1 Å². The number of aromatic nitrogens is 3. The van der Waals surface area contributed by atoms with Gasteiger partial charge in [-0.15, -0.1) is 21.5 Å². The van der Waals surface area contributed by atoms with Gasteiger partial charge in [0.15, 0.2) is 11.0 Å². The summed E-state index contributed by atoms with van der Waals surface area (Å²) in [5.41, 5.74) is 2.85. The van der Waals surface area contributed by atoms with Gasteiger partial charge in [0.25, 0.3) is 0 Å². The van der Waals surface area contributed by atoms with E-state index < -0.39 is 5.97 Å². The summed E-state index contributed by atoms with van der Waals surface area (Å²) < 4.78 is 12.7. The van der Waals surface area contributed by atoms with Crippen LogP contribution in [0.25, 0.3) is 0 Å². The second kappa shape index (κ2) is 11.0. The molecule has 1 aromatic carbocycles. The largest absolute Gasteiger partial charge is 0.486 e. The van der Waals surface area contributed by atoms with Crippen LogP contribution in [-0.4, -0.2) is 39.5 Å². The number of carbonyl (C=O) groups is 2. The molecule has 0 unspecified atom stereocenters. The standard InChI is InChI=1S/C26H32N4O4S2/c1-26(2,3)16-10-12-17(13-11-16)34-14-20-28-29-25(30(20)4)35-15-21(31)27-23-22(24(32)33-5)18-8-6-7-9-19(18)36-23/h10-13H,6-9,14-15H2,1-5H3,(H,27,31). The third kappa shape index (κ3) is 5.92. The van der Waals surface area contributed by atoms with E-state index in [-0.39, 0.29) is 23.7 Å². The van der Waals surface area contributed by atoms with Crippen LogP contribution in [0.4, 0.5) is 5.00 Å². The smallest absolute Gasteiger partial charge is 0.341 e. The SMILES string of the molecule is COC(=O)c1c(NC(=O)CSc2nnc(COc3ccc(C(C)(C)C)cc3)n2C)sc2c1CCCC2. The summed E-state index contributed by atoms with van der Waals surface area (Å²) in [4.78, 5) is 26.3. The van der Waals surface area contributed by atoms with E-state index in [9.17, 15) is 9.59 Å². The molecule has 0 saturated heterocycles. The highest BCUT2D eigenvalue weighted by Gasteiger charge is 2.27. The van der Waals surface area contributed by atoms with Crippen molar-refractivity contribution in [1.29, 1.82) is 0 Å². The Morgan fingerprint density at radius 1 is 1.14 bits per heavy atom. The Kier molecular flexibility index (Phi) is 8.04. The minimum absolute atomic E-state index is 0.0876. The summed E-state index contributed by atoms with van der Waals surface area (Å²) in [6.07, 6.45) is 3.90. The van der Waals surface area contributed by atoms with Crippen molar-refractivity contribution < 1.29 is 19.1 Å². The Morgan fingerprint density at radius 3 is 2.56 bits per heavy atom. The Balaban J connectivity index is 1.34. The van der Waals surface area contributed by atoms with E-state index in [2.05, 4.69) is 48.4 Å². The number of amides is 1. The van der Waals surface area contributed by atoms with Crippen LogP contribution in [0.2, 0.25) is 0 Å². The molecule has 1 aliphatic rings. The molecule has 1 aliphatic carbocycles. The summed E-state index contributed by atoms with van der Waals surface area (Å²) in [7, 11) is 3.22. The number of hydrogen-bond donors (Lipinski definition) is 1. The van der Waals surface area contributed by atoms with E-state index in [0.29, 0.717) is 21.5 Å². The van der Waals surface area contributed by atoms with Crippen LogP contribution in [0.3, 0.4) is 0 Å². The second-order valence-corrected chi connectivity index (χ2v) is 11.8. The topological polar surface area (TPSA) is 95.3 Å². The predicted molar refractivity (Wildman–Crippen MR) is 142 cm³/mol. The van der Waals surface area contributed by atoms with Crippen LogP contribution in [0, 0.1) is 0 Å². The number of hydrogen-bond acceptors (Lipinski definition) is 8. The second-order valence-electron chi connectivity index (χ2n) is 9.76. The Hall–Kier alpha value is -2.85. The number of methoxy groups -OCH3 is 1. The maximum atomic E-state index is 12.7. The predicted octanol–water partition coefficient (Wildman–Crippen LogP) is 5.15. The molecule has 36 heavy (non-hydrogen) atoms. The van der Waals surface area contributed by atoms with Crippen molar-refractivity contribution in [2.45, 2.75) is 63.6 Å². The Morgan fingerprint density at radius 2 is 1.86 bits per heavy atom. The van der Waals surface area contributed by atoms with Crippen molar-refractivity contribution in [2.75, 3.05) is 18.2 Å². The molecule has 0 radical (unpaired) electrons. The van der Waals surface area contributed by atoms with Gasteiger partial charge < -0.3 is 19.4 Å². The molecule has 192 valence electrons. The fraction of sp³-hybridized carbons (Fsp3) is 0.462. The molecule has 0 bridgehead atoms. The van der Waals surface area contributed by atoms with Crippen molar-refractivity contribution >= 4 is 40.0 Å². The van der Waals surface area contributed by atoms with Crippen molar-refractivity contribution in [2.24, 2.45) is 7.05 Å². The molecular weight excluding hydrogens is 496 g/mol. The van der Waals surface area contributed by atoms with Gasteiger partial charge in [0, 0.05) is 11.9 Å². The number of anilines is 1. The molecule has 10 heteroatoms. The number of esters is 1. The van der Waals surface area contributed by atoms with Crippen LogP contribution in [-0.2, 0) is 41.4 Å². The third-order valence-corrected chi connectivity index (χ3v) is 8.39. The third-order valence-electron chi connectivity index (χ3n) is 6.16. The maximum absolute atomic E-state index is 12.7. The highest BCUT2D eigenvalue weighted by molar-refractivity contribution is 7.99. The highest BCUT2D eigenvalue weighted by atomic mass is 32.2. The Bertz CT molecular complexity index is 1240. The number of nitrogens with zero attached hydrogens (tertiary/aromatic N) is 3. The number of thiophene rings is 1. The fourth-order valence-corrected chi connectivity index (χ4v) is 6.08. The van der Waals surface area contributed by atoms with E-state index in [1.807, 2.05) is 23.7 Å². The van der Waals surface area contributed by atoms with Gasteiger partial charge in [-0.3, -0.25) is 4.79 Å². The van der Waals surface area contributed by atoms with Gasteiger partial charge >= 0.3 is 5.97 Å². The number of nitrogens with one attached hydrogen (secondary N) is 1. The first-order valence-corrected chi connectivity index (χ1v) is 13.7. The Labute approximate surface area is 219 Å². The summed E-state index contributed by atoms with van der Waals surface area (Å²) in [6.45, 7) is 6.80. The van der Waals surface area contributed by atoms with Crippen LogP contribution in [0.1, 0.15) is 65.8 Å². The lowest BCUT2D eigenvalue weighted by atomic mass is 9.87. The first-order chi connectivity index (χ1) is 17.2. The molecule has 8 nitrogen and oxygen atoms in total. The summed E-state index contributed by atoms with van der Waals surface area (Å²) in [5.74, 6) is 0.966. The van der Waals surface area contributed by atoms with Crippen molar-refractivity contribution in [3.8, 4) is 5.75 Å². The molecule has 0 aliphatic heterocycles. The molecule has 1 N–H and O–H groups in total. The molecule has 0 fully saturated rings. The zero-order valence-electron chi connectivity index (χ0n) is 21.3. The minimum atomic E-state index is -0.400. The fourth-order valence-electron chi connectivity index (χ4n) is 4.06. The molecule has 2 heterocycles. The van der Waals surface area contributed by atoms with Crippen LogP contribution in [0.15, 0.2) is 29.4 Å². The van der Waals surface area contributed by atoms with Gasteiger partial charge in [-0.05, 0) is 54.4 Å². The van der Waals surface area contributed by atoms with Crippen LogP contribution < -0.4 is 10.1 Å². The number of carbonyl (C=O) groups excluding carboxylic acids is 2. The molecule has 0 atom stereocenters. The lowest BCUT2D eigenvalue weighted by molar-refractivity contribution is -0.113. The van der Waals surface area contributed by atoms with Crippen LogP contribution in [0.5, 0.6) is 5.75 Å². The average Bonchev–Trinajstić information content (AvgIpc) is 3.40. The highest BCUT2D eigenvalue weighted by Crippen LogP contribution is 2.38. The molecule has 0 spiro atoms. The number of benzene rings is 1. The number of thioether (sulfide) groups is 1. The quantitative estimate of drug-likeness (QED) is 0.319. The van der Waals surface area contributed by atoms with Gasteiger partial charge in [0.05, 0.1) is 18.4 Å². The molecule has 4 rings (SSSR count). The van der Waals surface area contributed by atoms with Crippen molar-refractivity contribution in [1.82, 2.24) is 14.8 Å². The van der Waals surface area contributed by atoms with Gasteiger partial charge in [-0.25, -0.2) is 4.79 Å². The molecule has 3 aromatic rings.